The monoisotopic (exact) mass is 259 g/mol. The predicted molar refractivity (Wildman–Crippen MR) is 73.0 cm³/mol. The molecule has 0 aromatic heterocycles. The molecule has 3 aliphatic rings. The molecule has 1 aromatic rings. The van der Waals surface area contributed by atoms with E-state index in [1.54, 1.807) is 0 Å². The summed E-state index contributed by atoms with van der Waals surface area (Å²) in [5.74, 6) is 0.573. The fraction of sp³-hybridized carbons (Fsp3) is 0.625. The van der Waals surface area contributed by atoms with E-state index in [0.717, 1.165) is 32.7 Å². The van der Waals surface area contributed by atoms with Gasteiger partial charge in [-0.15, -0.1) is 0 Å². The Balaban J connectivity index is 1.42. The molecule has 0 bridgehead atoms. The van der Waals surface area contributed by atoms with Crippen molar-refractivity contribution in [1.29, 1.82) is 0 Å². The van der Waals surface area contributed by atoms with E-state index in [-0.39, 0.29) is 11.7 Å². The Morgan fingerprint density at radius 2 is 2.05 bits per heavy atom. The average Bonchev–Trinajstić information content (AvgIpc) is 3.22. The van der Waals surface area contributed by atoms with Crippen LogP contribution >= 0.6 is 0 Å². The second kappa shape index (κ2) is 4.30. The molecule has 4 rings (SSSR count). The maximum atomic E-state index is 10.4. The van der Waals surface area contributed by atoms with E-state index < -0.39 is 0 Å². The summed E-state index contributed by atoms with van der Waals surface area (Å²) in [5.41, 5.74) is 2.39. The van der Waals surface area contributed by atoms with E-state index in [1.165, 1.54) is 24.0 Å². The molecular weight excluding hydrogens is 238 g/mol. The van der Waals surface area contributed by atoms with Gasteiger partial charge in [0.1, 0.15) is 0 Å². The van der Waals surface area contributed by atoms with Gasteiger partial charge < -0.3 is 9.84 Å². The van der Waals surface area contributed by atoms with E-state index in [1.807, 2.05) is 0 Å². The number of hydrogen-bond acceptors (Lipinski definition) is 3. The third-order valence-electron chi connectivity index (χ3n) is 4.85. The van der Waals surface area contributed by atoms with Crippen LogP contribution in [-0.4, -0.2) is 41.8 Å². The van der Waals surface area contributed by atoms with E-state index >= 15 is 0 Å². The van der Waals surface area contributed by atoms with Crippen LogP contribution in [0, 0.1) is 5.92 Å². The molecule has 0 amide bonds. The topological polar surface area (TPSA) is 32.7 Å². The zero-order valence-corrected chi connectivity index (χ0v) is 11.2. The number of benzene rings is 1. The van der Waals surface area contributed by atoms with Gasteiger partial charge in [-0.05, 0) is 36.3 Å². The lowest BCUT2D eigenvalue weighted by Crippen LogP contribution is -2.63. The smallest absolute Gasteiger partial charge is 0.0954 e. The quantitative estimate of drug-likeness (QED) is 0.898. The van der Waals surface area contributed by atoms with Crippen molar-refractivity contribution in [3.8, 4) is 0 Å². The molecule has 1 N–H and O–H groups in total. The number of fused-ring (bicyclic) bond motifs is 1. The van der Waals surface area contributed by atoms with Crippen LogP contribution in [0.25, 0.3) is 0 Å². The summed E-state index contributed by atoms with van der Waals surface area (Å²) in [6.07, 6.45) is 3.65. The first-order valence-electron chi connectivity index (χ1n) is 7.39. The second-order valence-corrected chi connectivity index (χ2v) is 6.36. The van der Waals surface area contributed by atoms with Crippen LogP contribution in [0.4, 0.5) is 0 Å². The highest BCUT2D eigenvalue weighted by atomic mass is 16.5. The first-order chi connectivity index (χ1) is 9.24. The number of rotatable bonds is 3. The zero-order valence-electron chi connectivity index (χ0n) is 11.2. The number of ether oxygens (including phenoxy) is 1. The second-order valence-electron chi connectivity index (χ2n) is 6.36. The van der Waals surface area contributed by atoms with Gasteiger partial charge in [-0.25, -0.2) is 0 Å². The van der Waals surface area contributed by atoms with Crippen molar-refractivity contribution in [2.45, 2.75) is 31.0 Å². The van der Waals surface area contributed by atoms with E-state index in [2.05, 4.69) is 29.2 Å². The molecule has 1 saturated carbocycles. The first kappa shape index (κ1) is 11.9. The molecule has 1 saturated heterocycles. The molecule has 3 heteroatoms. The Morgan fingerprint density at radius 3 is 2.84 bits per heavy atom. The van der Waals surface area contributed by atoms with Crippen LogP contribution in [0.2, 0.25) is 0 Å². The molecule has 2 aliphatic heterocycles. The lowest BCUT2D eigenvalue weighted by molar-refractivity contribution is -0.128. The number of β-amino-alcohol motifs (C(OH)–C–C–N with tert-alkyl or cyclic N) is 1. The van der Waals surface area contributed by atoms with Crippen LogP contribution in [-0.2, 0) is 11.2 Å². The fourth-order valence-electron chi connectivity index (χ4n) is 3.60. The van der Waals surface area contributed by atoms with E-state index in [9.17, 15) is 5.11 Å². The Kier molecular flexibility index (Phi) is 2.69. The third-order valence-corrected chi connectivity index (χ3v) is 4.85. The Hall–Kier alpha value is -0.900. The standard InChI is InChI=1S/C16H21NO2/c18-16(13-5-6-13)10-17(11-16)9-15-14-4-2-1-3-12(14)7-8-19-15/h1-4,13,15,18H,5-11H2. The largest absolute Gasteiger partial charge is 0.387 e. The molecule has 0 radical (unpaired) electrons. The van der Waals surface area contributed by atoms with Crippen molar-refractivity contribution in [3.05, 3.63) is 35.4 Å². The van der Waals surface area contributed by atoms with Crippen molar-refractivity contribution in [2.75, 3.05) is 26.2 Å². The molecule has 2 heterocycles. The van der Waals surface area contributed by atoms with Gasteiger partial charge in [0.05, 0.1) is 18.3 Å². The summed E-state index contributed by atoms with van der Waals surface area (Å²) in [5, 5.41) is 10.4. The number of nitrogens with zero attached hydrogens (tertiary/aromatic N) is 1. The van der Waals surface area contributed by atoms with Crippen molar-refractivity contribution < 1.29 is 9.84 Å². The number of aliphatic hydroxyl groups is 1. The lowest BCUT2D eigenvalue weighted by atomic mass is 9.87. The Morgan fingerprint density at radius 1 is 1.26 bits per heavy atom. The first-order valence-corrected chi connectivity index (χ1v) is 7.39. The van der Waals surface area contributed by atoms with Crippen LogP contribution in [0.3, 0.4) is 0 Å². The van der Waals surface area contributed by atoms with Crippen molar-refractivity contribution in [3.63, 3.8) is 0 Å². The highest BCUT2D eigenvalue weighted by Crippen LogP contribution is 2.45. The summed E-state index contributed by atoms with van der Waals surface area (Å²) in [4.78, 5) is 2.34. The van der Waals surface area contributed by atoms with Gasteiger partial charge >= 0.3 is 0 Å². The summed E-state index contributed by atoms with van der Waals surface area (Å²) in [7, 11) is 0. The molecular formula is C16H21NO2. The average molecular weight is 259 g/mol. The highest BCUT2D eigenvalue weighted by Gasteiger charge is 2.52. The lowest BCUT2D eigenvalue weighted by Gasteiger charge is -2.48. The van der Waals surface area contributed by atoms with Gasteiger partial charge in [0, 0.05) is 19.6 Å². The molecule has 1 aliphatic carbocycles. The number of hydrogen-bond donors (Lipinski definition) is 1. The van der Waals surface area contributed by atoms with Crippen LogP contribution in [0.15, 0.2) is 24.3 Å². The SMILES string of the molecule is OC1(C2CC2)CN(CC2OCCc3ccccc32)C1. The van der Waals surface area contributed by atoms with E-state index in [4.69, 9.17) is 4.74 Å². The summed E-state index contributed by atoms with van der Waals surface area (Å²) in [6.45, 7) is 3.41. The molecule has 1 aromatic carbocycles. The van der Waals surface area contributed by atoms with Crippen molar-refractivity contribution >= 4 is 0 Å². The zero-order chi connectivity index (χ0) is 12.9. The summed E-state index contributed by atoms with van der Waals surface area (Å²) >= 11 is 0. The minimum Gasteiger partial charge on any atom is -0.387 e. The van der Waals surface area contributed by atoms with Crippen molar-refractivity contribution in [1.82, 2.24) is 4.90 Å². The molecule has 1 unspecified atom stereocenters. The minimum absolute atomic E-state index is 0.189. The summed E-state index contributed by atoms with van der Waals surface area (Å²) < 4.78 is 5.93. The van der Waals surface area contributed by atoms with Crippen molar-refractivity contribution in [2.24, 2.45) is 5.92 Å². The van der Waals surface area contributed by atoms with Gasteiger partial charge in [0.25, 0.3) is 0 Å². The maximum absolute atomic E-state index is 10.4. The Bertz CT molecular complexity index is 477. The molecule has 102 valence electrons. The molecule has 19 heavy (non-hydrogen) atoms. The normalized spacial score (nSPS) is 29.6. The van der Waals surface area contributed by atoms with Gasteiger partial charge in [0.15, 0.2) is 0 Å². The summed E-state index contributed by atoms with van der Waals surface area (Å²) in [6, 6.07) is 8.60. The molecule has 2 fully saturated rings. The number of likely N-dealkylation sites (tertiary alicyclic amines) is 1. The molecule has 3 nitrogen and oxygen atoms in total. The van der Waals surface area contributed by atoms with Gasteiger partial charge in [-0.2, -0.15) is 0 Å². The Labute approximate surface area is 114 Å². The maximum Gasteiger partial charge on any atom is 0.0954 e. The molecule has 1 atom stereocenters. The fourth-order valence-corrected chi connectivity index (χ4v) is 3.60. The predicted octanol–water partition coefficient (Wildman–Crippen LogP) is 1.76. The minimum atomic E-state index is -0.381. The molecule has 0 spiro atoms. The highest BCUT2D eigenvalue weighted by molar-refractivity contribution is 5.31. The van der Waals surface area contributed by atoms with Crippen LogP contribution in [0.1, 0.15) is 30.1 Å². The third kappa shape index (κ3) is 2.10. The van der Waals surface area contributed by atoms with Gasteiger partial charge in [-0.1, -0.05) is 24.3 Å². The van der Waals surface area contributed by atoms with Crippen LogP contribution < -0.4 is 0 Å². The van der Waals surface area contributed by atoms with Gasteiger partial charge in [-0.3, -0.25) is 4.90 Å². The van der Waals surface area contributed by atoms with Crippen LogP contribution in [0.5, 0.6) is 0 Å². The van der Waals surface area contributed by atoms with E-state index in [0.29, 0.717) is 5.92 Å². The van der Waals surface area contributed by atoms with Gasteiger partial charge in [0.2, 0.25) is 0 Å².